The van der Waals surface area contributed by atoms with Crippen molar-refractivity contribution in [3.05, 3.63) is 28.7 Å². The lowest BCUT2D eigenvalue weighted by Gasteiger charge is -2.08. The van der Waals surface area contributed by atoms with E-state index in [0.717, 1.165) is 21.5 Å². The zero-order valence-corrected chi connectivity index (χ0v) is 12.4. The highest BCUT2D eigenvalue weighted by atomic mass is 79.9. The van der Waals surface area contributed by atoms with Crippen LogP contribution in [0.2, 0.25) is 0 Å². The van der Waals surface area contributed by atoms with E-state index in [1.165, 1.54) is 4.90 Å². The van der Waals surface area contributed by atoms with Crippen LogP contribution in [-0.2, 0) is 0 Å². The van der Waals surface area contributed by atoms with Gasteiger partial charge >= 0.3 is 0 Å². The summed E-state index contributed by atoms with van der Waals surface area (Å²) in [4.78, 5) is 3.23. The standard InChI is InChI=1S/C12H14BrN3S/c1-16(2)12-10(13)11(14-15-12)8-4-6-9(17-3)7-5-8/h4-7H,1-3H3,(H,14,15). The van der Waals surface area contributed by atoms with Gasteiger partial charge in [0.2, 0.25) is 0 Å². The Balaban J connectivity index is 2.39. The molecule has 0 aliphatic carbocycles. The Morgan fingerprint density at radius 1 is 1.24 bits per heavy atom. The minimum Gasteiger partial charge on any atom is -0.360 e. The molecule has 90 valence electrons. The van der Waals surface area contributed by atoms with Gasteiger partial charge in [-0.3, -0.25) is 5.10 Å². The van der Waals surface area contributed by atoms with Gasteiger partial charge in [0.15, 0.2) is 5.82 Å². The number of rotatable bonds is 3. The summed E-state index contributed by atoms with van der Waals surface area (Å²) in [7, 11) is 3.95. The van der Waals surface area contributed by atoms with Gasteiger partial charge in [-0.05, 0) is 34.3 Å². The van der Waals surface area contributed by atoms with E-state index < -0.39 is 0 Å². The molecule has 1 aromatic carbocycles. The SMILES string of the molecule is CSc1ccc(-c2[nH]nc(N(C)C)c2Br)cc1. The van der Waals surface area contributed by atoms with E-state index in [0.29, 0.717) is 0 Å². The van der Waals surface area contributed by atoms with Crippen LogP contribution < -0.4 is 4.90 Å². The molecule has 0 amide bonds. The van der Waals surface area contributed by atoms with Gasteiger partial charge in [-0.25, -0.2) is 0 Å². The minimum atomic E-state index is 0.911. The first-order valence-corrected chi connectivity index (χ1v) is 7.21. The number of H-pyrrole nitrogens is 1. The minimum absolute atomic E-state index is 0.911. The van der Waals surface area contributed by atoms with Gasteiger partial charge in [0, 0.05) is 24.6 Å². The Bertz CT molecular complexity index is 505. The van der Waals surface area contributed by atoms with Gasteiger partial charge in [-0.1, -0.05) is 12.1 Å². The molecule has 0 aliphatic heterocycles. The van der Waals surface area contributed by atoms with Crippen LogP contribution in [0.1, 0.15) is 0 Å². The Labute approximate surface area is 114 Å². The molecule has 0 bridgehead atoms. The van der Waals surface area contributed by atoms with E-state index in [9.17, 15) is 0 Å². The highest BCUT2D eigenvalue weighted by molar-refractivity contribution is 9.10. The van der Waals surface area contributed by atoms with Crippen LogP contribution in [0.3, 0.4) is 0 Å². The monoisotopic (exact) mass is 311 g/mol. The van der Waals surface area contributed by atoms with Crippen LogP contribution in [0.5, 0.6) is 0 Å². The molecule has 1 heterocycles. The number of anilines is 1. The van der Waals surface area contributed by atoms with E-state index in [2.05, 4.69) is 56.6 Å². The second-order valence-corrected chi connectivity index (χ2v) is 5.53. The number of aromatic amines is 1. The summed E-state index contributed by atoms with van der Waals surface area (Å²) in [6.07, 6.45) is 2.07. The fraction of sp³-hybridized carbons (Fsp3) is 0.250. The summed E-state index contributed by atoms with van der Waals surface area (Å²) < 4.78 is 0.999. The van der Waals surface area contributed by atoms with Crippen LogP contribution in [0.25, 0.3) is 11.3 Å². The van der Waals surface area contributed by atoms with Crippen LogP contribution in [0.15, 0.2) is 33.6 Å². The molecule has 0 saturated carbocycles. The summed E-state index contributed by atoms with van der Waals surface area (Å²) in [5.74, 6) is 0.911. The van der Waals surface area contributed by atoms with Gasteiger partial charge in [-0.2, -0.15) is 5.10 Å². The zero-order chi connectivity index (χ0) is 12.4. The summed E-state index contributed by atoms with van der Waals surface area (Å²) in [6, 6.07) is 8.43. The highest BCUT2D eigenvalue weighted by Crippen LogP contribution is 2.33. The van der Waals surface area contributed by atoms with Gasteiger partial charge < -0.3 is 4.90 Å². The molecule has 0 saturated heterocycles. The van der Waals surface area contributed by atoms with Crippen molar-refractivity contribution in [3.63, 3.8) is 0 Å². The number of aromatic nitrogens is 2. The molecule has 17 heavy (non-hydrogen) atoms. The first kappa shape index (κ1) is 12.5. The van der Waals surface area contributed by atoms with Crippen molar-refractivity contribution < 1.29 is 0 Å². The number of hydrogen-bond donors (Lipinski definition) is 1. The number of nitrogens with one attached hydrogen (secondary N) is 1. The highest BCUT2D eigenvalue weighted by Gasteiger charge is 2.13. The first-order chi connectivity index (χ1) is 8.13. The Hall–Kier alpha value is -0.940. The van der Waals surface area contributed by atoms with E-state index in [-0.39, 0.29) is 0 Å². The second-order valence-electron chi connectivity index (χ2n) is 3.86. The van der Waals surface area contributed by atoms with Crippen molar-refractivity contribution in [3.8, 4) is 11.3 Å². The van der Waals surface area contributed by atoms with Gasteiger partial charge in [0.05, 0.1) is 10.2 Å². The third kappa shape index (κ3) is 2.50. The molecule has 0 spiro atoms. The molecule has 2 rings (SSSR count). The average molecular weight is 312 g/mol. The molecule has 1 N–H and O–H groups in total. The molecule has 0 unspecified atom stereocenters. The Morgan fingerprint density at radius 2 is 1.88 bits per heavy atom. The van der Waals surface area contributed by atoms with Crippen LogP contribution >= 0.6 is 27.7 Å². The molecule has 0 atom stereocenters. The second kappa shape index (κ2) is 5.14. The van der Waals surface area contributed by atoms with Crippen molar-refractivity contribution in [2.24, 2.45) is 0 Å². The van der Waals surface area contributed by atoms with Gasteiger partial charge in [0.25, 0.3) is 0 Å². The molecule has 0 aliphatic rings. The smallest absolute Gasteiger partial charge is 0.164 e. The largest absolute Gasteiger partial charge is 0.360 e. The van der Waals surface area contributed by atoms with Crippen molar-refractivity contribution in [1.82, 2.24) is 10.2 Å². The lowest BCUT2D eigenvalue weighted by atomic mass is 10.1. The summed E-state index contributed by atoms with van der Waals surface area (Å²) in [5, 5.41) is 7.35. The Kier molecular flexibility index (Phi) is 3.79. The maximum Gasteiger partial charge on any atom is 0.164 e. The third-order valence-corrected chi connectivity index (χ3v) is 3.99. The lowest BCUT2D eigenvalue weighted by molar-refractivity contribution is 1.01. The van der Waals surface area contributed by atoms with Crippen molar-refractivity contribution in [2.45, 2.75) is 4.90 Å². The lowest BCUT2D eigenvalue weighted by Crippen LogP contribution is -2.09. The van der Waals surface area contributed by atoms with E-state index >= 15 is 0 Å². The van der Waals surface area contributed by atoms with Crippen LogP contribution in [0.4, 0.5) is 5.82 Å². The summed E-state index contributed by atoms with van der Waals surface area (Å²) >= 11 is 5.32. The van der Waals surface area contributed by atoms with Gasteiger partial charge in [-0.15, -0.1) is 11.8 Å². The van der Waals surface area contributed by atoms with E-state index in [1.54, 1.807) is 11.8 Å². The molecule has 0 radical (unpaired) electrons. The maximum atomic E-state index is 4.28. The molecule has 5 heteroatoms. The van der Waals surface area contributed by atoms with E-state index in [1.807, 2.05) is 19.0 Å². The summed E-state index contributed by atoms with van der Waals surface area (Å²) in [6.45, 7) is 0. The molecule has 2 aromatic rings. The molecule has 1 aromatic heterocycles. The van der Waals surface area contributed by atoms with Crippen LogP contribution in [-0.4, -0.2) is 30.5 Å². The number of nitrogens with zero attached hydrogens (tertiary/aromatic N) is 2. The average Bonchev–Trinajstić information content (AvgIpc) is 2.71. The summed E-state index contributed by atoms with van der Waals surface area (Å²) in [5.41, 5.74) is 2.15. The van der Waals surface area contributed by atoms with Crippen molar-refractivity contribution in [1.29, 1.82) is 0 Å². The first-order valence-electron chi connectivity index (χ1n) is 5.19. The maximum absolute atomic E-state index is 4.28. The molecule has 0 fully saturated rings. The normalized spacial score (nSPS) is 10.6. The van der Waals surface area contributed by atoms with Crippen molar-refractivity contribution in [2.75, 3.05) is 25.3 Å². The predicted molar refractivity (Wildman–Crippen MR) is 77.8 cm³/mol. The number of thioether (sulfide) groups is 1. The van der Waals surface area contributed by atoms with E-state index in [4.69, 9.17) is 0 Å². The van der Waals surface area contributed by atoms with Gasteiger partial charge in [0.1, 0.15) is 0 Å². The molecular weight excluding hydrogens is 298 g/mol. The molecular formula is C12H14BrN3S. The van der Waals surface area contributed by atoms with Crippen LogP contribution in [0, 0.1) is 0 Å². The molecule has 3 nitrogen and oxygen atoms in total. The fourth-order valence-electron chi connectivity index (χ4n) is 1.56. The van der Waals surface area contributed by atoms with Crippen molar-refractivity contribution >= 4 is 33.5 Å². The number of hydrogen-bond acceptors (Lipinski definition) is 3. The Morgan fingerprint density at radius 3 is 2.35 bits per heavy atom. The zero-order valence-electron chi connectivity index (χ0n) is 9.99. The topological polar surface area (TPSA) is 31.9 Å². The third-order valence-electron chi connectivity index (χ3n) is 2.49. The number of halogens is 1. The number of benzene rings is 1. The quantitative estimate of drug-likeness (QED) is 0.878. The predicted octanol–water partition coefficient (Wildman–Crippen LogP) is 3.63. The fourth-order valence-corrected chi connectivity index (χ4v) is 2.73.